The van der Waals surface area contributed by atoms with Gasteiger partial charge in [-0.25, -0.2) is 8.78 Å². The van der Waals surface area contributed by atoms with Gasteiger partial charge >= 0.3 is 0 Å². The van der Waals surface area contributed by atoms with Gasteiger partial charge in [0.1, 0.15) is 11.6 Å². The van der Waals surface area contributed by atoms with E-state index in [1.165, 1.54) is 46.1 Å². The Morgan fingerprint density at radius 1 is 0.269 bits per heavy atom. The molecule has 10 aromatic rings. The molecule has 0 unspecified atom stereocenters. The Morgan fingerprint density at radius 3 is 1.17 bits per heavy atom. The van der Waals surface area contributed by atoms with E-state index in [-0.39, 0.29) is 11.6 Å². The number of hydrogen-bond donors (Lipinski definition) is 0. The van der Waals surface area contributed by atoms with Crippen molar-refractivity contribution in [2.75, 3.05) is 0 Å². The fraction of sp³-hybridized carbons (Fsp3) is 0. The first-order valence-corrected chi connectivity index (χ1v) is 17.4. The lowest BCUT2D eigenvalue weighted by Gasteiger charge is -2.14. The SMILES string of the molecule is Fc1ccc(-c2cc(-c3ccc(F)cc3)cc(-n3c4ccccc4c4cc(-c5ccc6c(c5)c5ccccc5n6-c5ccccc5)ccc43)c2)cc1. The van der Waals surface area contributed by atoms with Crippen LogP contribution >= 0.6 is 0 Å². The van der Waals surface area contributed by atoms with E-state index in [2.05, 4.69) is 143 Å². The number of fused-ring (bicyclic) bond motifs is 6. The molecule has 8 aromatic carbocycles. The normalized spacial score (nSPS) is 11.7. The number of hydrogen-bond acceptors (Lipinski definition) is 0. The van der Waals surface area contributed by atoms with Crippen molar-refractivity contribution < 1.29 is 8.78 Å². The molecule has 0 aliphatic rings. The molecule has 0 aliphatic heterocycles. The van der Waals surface area contributed by atoms with Crippen LogP contribution in [0.4, 0.5) is 8.78 Å². The van der Waals surface area contributed by atoms with Crippen LogP contribution in [-0.2, 0) is 0 Å². The van der Waals surface area contributed by atoms with E-state index >= 15 is 0 Å². The van der Waals surface area contributed by atoms with E-state index in [0.717, 1.165) is 66.6 Å². The van der Waals surface area contributed by atoms with Crippen molar-refractivity contribution in [1.82, 2.24) is 9.13 Å². The number of para-hydroxylation sites is 3. The summed E-state index contributed by atoms with van der Waals surface area (Å²) in [5.41, 5.74) is 12.6. The summed E-state index contributed by atoms with van der Waals surface area (Å²) < 4.78 is 32.6. The molecule has 0 spiro atoms. The minimum absolute atomic E-state index is 0.280. The second kappa shape index (κ2) is 11.9. The maximum absolute atomic E-state index is 14.0. The van der Waals surface area contributed by atoms with Gasteiger partial charge in [0.05, 0.1) is 22.1 Å². The molecule has 0 fully saturated rings. The molecule has 0 N–H and O–H groups in total. The van der Waals surface area contributed by atoms with E-state index in [9.17, 15) is 8.78 Å². The zero-order valence-corrected chi connectivity index (χ0v) is 28.0. The van der Waals surface area contributed by atoms with Gasteiger partial charge in [0.15, 0.2) is 0 Å². The van der Waals surface area contributed by atoms with Crippen LogP contribution in [0.5, 0.6) is 0 Å². The molecule has 4 heteroatoms. The van der Waals surface area contributed by atoms with Crippen LogP contribution in [0.25, 0.3) is 88.4 Å². The molecule has 10 rings (SSSR count). The van der Waals surface area contributed by atoms with E-state index in [1.807, 2.05) is 0 Å². The summed E-state index contributed by atoms with van der Waals surface area (Å²) in [4.78, 5) is 0. The first-order chi connectivity index (χ1) is 25.6. The molecular formula is C48H30F2N2. The van der Waals surface area contributed by atoms with Crippen LogP contribution in [0.15, 0.2) is 182 Å². The first-order valence-electron chi connectivity index (χ1n) is 17.4. The Bertz CT molecular complexity index is 2890. The maximum Gasteiger partial charge on any atom is 0.123 e. The smallest absolute Gasteiger partial charge is 0.123 e. The van der Waals surface area contributed by atoms with Crippen LogP contribution in [0.1, 0.15) is 0 Å². The Hall–Kier alpha value is -6.78. The summed E-state index contributed by atoms with van der Waals surface area (Å²) in [6.07, 6.45) is 0. The highest BCUT2D eigenvalue weighted by molar-refractivity contribution is 6.12. The highest BCUT2D eigenvalue weighted by atomic mass is 19.1. The van der Waals surface area contributed by atoms with Gasteiger partial charge in [-0.3, -0.25) is 0 Å². The third-order valence-corrected chi connectivity index (χ3v) is 10.2. The molecule has 2 nitrogen and oxygen atoms in total. The quantitative estimate of drug-likeness (QED) is 0.172. The van der Waals surface area contributed by atoms with Crippen molar-refractivity contribution in [2.24, 2.45) is 0 Å². The monoisotopic (exact) mass is 672 g/mol. The topological polar surface area (TPSA) is 9.86 Å². The van der Waals surface area contributed by atoms with Gasteiger partial charge in [-0.1, -0.05) is 91.0 Å². The molecule has 2 aromatic heterocycles. The highest BCUT2D eigenvalue weighted by Gasteiger charge is 2.17. The van der Waals surface area contributed by atoms with Crippen molar-refractivity contribution in [3.05, 3.63) is 194 Å². The first kappa shape index (κ1) is 30.1. The Labute approximate surface area is 299 Å². The third-order valence-electron chi connectivity index (χ3n) is 10.2. The van der Waals surface area contributed by atoms with Crippen LogP contribution in [-0.4, -0.2) is 9.13 Å². The summed E-state index contributed by atoms with van der Waals surface area (Å²) in [6, 6.07) is 60.6. The third kappa shape index (κ3) is 4.91. The van der Waals surface area contributed by atoms with Crippen molar-refractivity contribution in [3.63, 3.8) is 0 Å². The minimum Gasteiger partial charge on any atom is -0.309 e. The maximum atomic E-state index is 14.0. The number of halogens is 2. The summed E-state index contributed by atoms with van der Waals surface area (Å²) >= 11 is 0. The Balaban J connectivity index is 1.17. The molecule has 0 saturated carbocycles. The van der Waals surface area contributed by atoms with Crippen LogP contribution < -0.4 is 0 Å². The molecule has 0 amide bonds. The lowest BCUT2D eigenvalue weighted by molar-refractivity contribution is 0.627. The molecule has 0 atom stereocenters. The van der Waals surface area contributed by atoms with Gasteiger partial charge < -0.3 is 9.13 Å². The minimum atomic E-state index is -0.280. The molecule has 52 heavy (non-hydrogen) atoms. The molecule has 0 saturated heterocycles. The Kier molecular flexibility index (Phi) is 6.90. The number of benzene rings is 8. The molecule has 246 valence electrons. The van der Waals surface area contributed by atoms with E-state index in [1.54, 1.807) is 24.3 Å². The molecular weight excluding hydrogens is 643 g/mol. The molecule has 0 radical (unpaired) electrons. The lowest BCUT2D eigenvalue weighted by atomic mass is 9.97. The average Bonchev–Trinajstić information content (AvgIpc) is 3.71. The summed E-state index contributed by atoms with van der Waals surface area (Å²) in [5, 5.41) is 4.73. The van der Waals surface area contributed by atoms with Crippen LogP contribution in [0.2, 0.25) is 0 Å². The zero-order valence-electron chi connectivity index (χ0n) is 28.0. The predicted molar refractivity (Wildman–Crippen MR) is 211 cm³/mol. The molecule has 0 aliphatic carbocycles. The van der Waals surface area contributed by atoms with Gasteiger partial charge in [0, 0.05) is 32.9 Å². The van der Waals surface area contributed by atoms with Crippen molar-refractivity contribution >= 4 is 43.6 Å². The largest absolute Gasteiger partial charge is 0.309 e. The van der Waals surface area contributed by atoms with Crippen LogP contribution in [0, 0.1) is 11.6 Å². The highest BCUT2D eigenvalue weighted by Crippen LogP contribution is 2.39. The second-order valence-corrected chi connectivity index (χ2v) is 13.3. The second-order valence-electron chi connectivity index (χ2n) is 13.3. The molecule has 0 bridgehead atoms. The van der Waals surface area contributed by atoms with Gasteiger partial charge in [0.2, 0.25) is 0 Å². The Morgan fingerprint density at radius 2 is 0.673 bits per heavy atom. The van der Waals surface area contributed by atoms with Gasteiger partial charge in [-0.2, -0.15) is 0 Å². The number of rotatable bonds is 5. The lowest BCUT2D eigenvalue weighted by Crippen LogP contribution is -1.96. The van der Waals surface area contributed by atoms with E-state index in [0.29, 0.717) is 0 Å². The van der Waals surface area contributed by atoms with E-state index in [4.69, 9.17) is 0 Å². The predicted octanol–water partition coefficient (Wildman–Crippen LogP) is 13.2. The fourth-order valence-electron chi connectivity index (χ4n) is 7.80. The summed E-state index contributed by atoms with van der Waals surface area (Å²) in [6.45, 7) is 0. The van der Waals surface area contributed by atoms with Crippen molar-refractivity contribution in [1.29, 1.82) is 0 Å². The zero-order chi connectivity index (χ0) is 34.8. The van der Waals surface area contributed by atoms with Gasteiger partial charge in [-0.05, 0) is 124 Å². The van der Waals surface area contributed by atoms with Crippen molar-refractivity contribution in [3.8, 4) is 44.8 Å². The van der Waals surface area contributed by atoms with E-state index < -0.39 is 0 Å². The number of aromatic nitrogens is 2. The van der Waals surface area contributed by atoms with Gasteiger partial charge in [0.25, 0.3) is 0 Å². The number of nitrogens with zero attached hydrogens (tertiary/aromatic N) is 2. The summed E-state index contributed by atoms with van der Waals surface area (Å²) in [5.74, 6) is -0.559. The summed E-state index contributed by atoms with van der Waals surface area (Å²) in [7, 11) is 0. The van der Waals surface area contributed by atoms with Gasteiger partial charge in [-0.15, -0.1) is 0 Å². The van der Waals surface area contributed by atoms with Crippen molar-refractivity contribution in [2.45, 2.75) is 0 Å². The standard InChI is InChI=1S/C48H30F2N2/c49-37-20-14-31(15-21-37)35-26-36(32-16-22-38(50)23-17-32)28-40(27-35)52-46-13-7-5-11-42(46)44-30-34(19-25-48(44)52)33-18-24-47-43(29-33)41-10-4-6-12-45(41)51(47)39-8-2-1-3-9-39/h1-30H. The molecule has 2 heterocycles. The van der Waals surface area contributed by atoms with Crippen LogP contribution in [0.3, 0.4) is 0 Å². The fourth-order valence-corrected chi connectivity index (χ4v) is 7.80. The average molecular weight is 673 g/mol.